The quantitative estimate of drug-likeness (QED) is 0.857. The van der Waals surface area contributed by atoms with Crippen LogP contribution in [0.25, 0.3) is 0 Å². The van der Waals surface area contributed by atoms with Crippen molar-refractivity contribution in [3.8, 4) is 0 Å². The van der Waals surface area contributed by atoms with Crippen molar-refractivity contribution < 1.29 is 9.59 Å². The summed E-state index contributed by atoms with van der Waals surface area (Å²) in [6.07, 6.45) is 2.61. The highest BCUT2D eigenvalue weighted by Gasteiger charge is 2.35. The van der Waals surface area contributed by atoms with E-state index in [4.69, 9.17) is 5.73 Å². The maximum absolute atomic E-state index is 12.2. The van der Waals surface area contributed by atoms with E-state index in [0.29, 0.717) is 19.0 Å². The summed E-state index contributed by atoms with van der Waals surface area (Å²) in [6.45, 7) is 2.97. The van der Waals surface area contributed by atoms with Gasteiger partial charge in [0.25, 0.3) is 0 Å². The van der Waals surface area contributed by atoms with Crippen LogP contribution in [-0.2, 0) is 9.59 Å². The Hall–Kier alpha value is -1.59. The normalized spacial score (nSPS) is 21.7. The molecule has 3 rings (SSSR count). The molecule has 5 nitrogen and oxygen atoms in total. The summed E-state index contributed by atoms with van der Waals surface area (Å²) in [7, 11) is 0. The molecule has 0 bridgehead atoms. The average Bonchev–Trinajstić information content (AvgIpc) is 3.28. The summed E-state index contributed by atoms with van der Waals surface area (Å²) < 4.78 is 0. The fourth-order valence-electron chi connectivity index (χ4n) is 2.91. The van der Waals surface area contributed by atoms with Gasteiger partial charge in [-0.3, -0.25) is 9.59 Å². The average molecular weight is 338 g/mol. The van der Waals surface area contributed by atoms with Gasteiger partial charge in [0.1, 0.15) is 0 Å². The van der Waals surface area contributed by atoms with Gasteiger partial charge in [-0.15, -0.1) is 12.4 Å². The molecule has 1 aliphatic carbocycles. The Morgan fingerprint density at radius 1 is 1.35 bits per heavy atom. The number of hydrogen-bond donors (Lipinski definition) is 2. The van der Waals surface area contributed by atoms with Crippen LogP contribution in [-0.4, -0.2) is 30.9 Å². The van der Waals surface area contributed by atoms with E-state index in [-0.39, 0.29) is 42.6 Å². The Balaban J connectivity index is 0.00000192. The van der Waals surface area contributed by atoms with Crippen molar-refractivity contribution >= 4 is 29.9 Å². The Bertz CT molecular complexity index is 572. The van der Waals surface area contributed by atoms with E-state index in [1.54, 1.807) is 4.90 Å². The van der Waals surface area contributed by atoms with Gasteiger partial charge in [-0.1, -0.05) is 17.7 Å². The van der Waals surface area contributed by atoms with Crippen molar-refractivity contribution in [3.05, 3.63) is 29.8 Å². The number of carbonyl (C=O) groups excluding carboxylic acids is 2. The van der Waals surface area contributed by atoms with Gasteiger partial charge in [0.2, 0.25) is 11.8 Å². The first-order chi connectivity index (χ1) is 10.5. The minimum absolute atomic E-state index is 0. The van der Waals surface area contributed by atoms with Crippen LogP contribution in [0.5, 0.6) is 0 Å². The second-order valence-corrected chi connectivity index (χ2v) is 6.49. The molecule has 2 unspecified atom stereocenters. The lowest BCUT2D eigenvalue weighted by atomic mass is 10.1. The van der Waals surface area contributed by atoms with Crippen molar-refractivity contribution in [2.45, 2.75) is 32.2 Å². The number of nitrogens with two attached hydrogens (primary N) is 1. The second kappa shape index (κ2) is 7.32. The van der Waals surface area contributed by atoms with Crippen LogP contribution in [0.4, 0.5) is 5.69 Å². The smallest absolute Gasteiger partial charge is 0.227 e. The van der Waals surface area contributed by atoms with Crippen molar-refractivity contribution in [2.75, 3.05) is 18.0 Å². The maximum Gasteiger partial charge on any atom is 0.227 e. The van der Waals surface area contributed by atoms with Crippen molar-refractivity contribution in [2.24, 2.45) is 17.6 Å². The van der Waals surface area contributed by atoms with Crippen LogP contribution >= 0.6 is 12.4 Å². The number of anilines is 1. The maximum atomic E-state index is 12.2. The van der Waals surface area contributed by atoms with Gasteiger partial charge in [-0.05, 0) is 37.8 Å². The van der Waals surface area contributed by atoms with Crippen molar-refractivity contribution in [1.29, 1.82) is 0 Å². The molecule has 1 aromatic rings. The van der Waals surface area contributed by atoms with Crippen LogP contribution in [0.1, 0.15) is 24.8 Å². The molecular weight excluding hydrogens is 314 g/mol. The summed E-state index contributed by atoms with van der Waals surface area (Å²) >= 11 is 0. The first kappa shape index (κ1) is 17.8. The van der Waals surface area contributed by atoms with Gasteiger partial charge >= 0.3 is 0 Å². The lowest BCUT2D eigenvalue weighted by Crippen LogP contribution is -2.41. The molecular formula is C17H24ClN3O2. The molecule has 0 spiro atoms. The zero-order valence-corrected chi connectivity index (χ0v) is 14.1. The van der Waals surface area contributed by atoms with Crippen LogP contribution in [0, 0.1) is 18.8 Å². The number of benzene rings is 1. The summed E-state index contributed by atoms with van der Waals surface area (Å²) in [5.41, 5.74) is 8.01. The molecule has 0 aromatic heterocycles. The van der Waals surface area contributed by atoms with Gasteiger partial charge in [0.05, 0.1) is 5.92 Å². The zero-order chi connectivity index (χ0) is 15.7. The highest BCUT2D eigenvalue weighted by Crippen LogP contribution is 2.31. The summed E-state index contributed by atoms with van der Waals surface area (Å²) in [5, 5.41) is 2.90. The number of aryl methyl sites for hydroxylation is 1. The van der Waals surface area contributed by atoms with Gasteiger partial charge in [-0.2, -0.15) is 0 Å². The Labute approximate surface area is 143 Å². The first-order valence-electron chi connectivity index (χ1n) is 7.95. The molecule has 126 valence electrons. The van der Waals surface area contributed by atoms with E-state index in [9.17, 15) is 9.59 Å². The minimum atomic E-state index is -0.278. The molecule has 6 heteroatoms. The largest absolute Gasteiger partial charge is 0.354 e. The number of rotatable bonds is 5. The van der Waals surface area contributed by atoms with Gasteiger partial charge in [-0.25, -0.2) is 0 Å². The van der Waals surface area contributed by atoms with E-state index in [0.717, 1.165) is 11.3 Å². The fourth-order valence-corrected chi connectivity index (χ4v) is 2.91. The lowest BCUT2D eigenvalue weighted by Gasteiger charge is -2.17. The third kappa shape index (κ3) is 4.24. The van der Waals surface area contributed by atoms with Crippen LogP contribution in [0.3, 0.4) is 0 Å². The minimum Gasteiger partial charge on any atom is -0.354 e. The van der Waals surface area contributed by atoms with Crippen LogP contribution < -0.4 is 16.0 Å². The molecule has 1 saturated carbocycles. The number of nitrogens with one attached hydrogen (secondary N) is 1. The first-order valence-corrected chi connectivity index (χ1v) is 7.95. The van der Waals surface area contributed by atoms with Crippen molar-refractivity contribution in [1.82, 2.24) is 5.32 Å². The SMILES string of the molecule is Cc1ccc(N2CC(C(=O)NCC(N)C3CC3)CC2=O)cc1.Cl. The molecule has 1 saturated heterocycles. The number of amides is 2. The van der Waals surface area contributed by atoms with Crippen LogP contribution in [0.15, 0.2) is 24.3 Å². The van der Waals surface area contributed by atoms with E-state index >= 15 is 0 Å². The molecule has 23 heavy (non-hydrogen) atoms. The third-order valence-corrected chi connectivity index (χ3v) is 4.58. The summed E-state index contributed by atoms with van der Waals surface area (Å²) in [5.74, 6) is 0.240. The molecule has 2 aliphatic rings. The zero-order valence-electron chi connectivity index (χ0n) is 13.3. The van der Waals surface area contributed by atoms with Gasteiger partial charge in [0.15, 0.2) is 0 Å². The van der Waals surface area contributed by atoms with Crippen LogP contribution in [0.2, 0.25) is 0 Å². The fraction of sp³-hybridized carbons (Fsp3) is 0.529. The summed E-state index contributed by atoms with van der Waals surface area (Å²) in [4.78, 5) is 26.1. The molecule has 1 aliphatic heterocycles. The van der Waals surface area contributed by atoms with E-state index < -0.39 is 0 Å². The number of carbonyl (C=O) groups is 2. The summed E-state index contributed by atoms with van der Waals surface area (Å²) in [6, 6.07) is 7.86. The number of nitrogens with zero attached hydrogens (tertiary/aromatic N) is 1. The van der Waals surface area contributed by atoms with E-state index in [1.165, 1.54) is 12.8 Å². The molecule has 0 radical (unpaired) electrons. The molecule has 2 atom stereocenters. The van der Waals surface area contributed by atoms with Gasteiger partial charge < -0.3 is 16.0 Å². The predicted octanol–water partition coefficient (Wildman–Crippen LogP) is 1.62. The highest BCUT2D eigenvalue weighted by atomic mass is 35.5. The standard InChI is InChI=1S/C17H23N3O2.ClH/c1-11-2-6-14(7-3-11)20-10-13(8-16(20)21)17(22)19-9-15(18)12-4-5-12;/h2-3,6-7,12-13,15H,4-5,8-10,18H2,1H3,(H,19,22);1H. The third-order valence-electron chi connectivity index (χ3n) is 4.58. The van der Waals surface area contributed by atoms with Gasteiger partial charge in [0, 0.05) is 31.2 Å². The number of halogens is 1. The Kier molecular flexibility index (Phi) is 5.65. The van der Waals surface area contributed by atoms with E-state index in [1.807, 2.05) is 31.2 Å². The predicted molar refractivity (Wildman–Crippen MR) is 92.6 cm³/mol. The molecule has 2 amide bonds. The molecule has 1 aromatic carbocycles. The van der Waals surface area contributed by atoms with Crippen molar-refractivity contribution in [3.63, 3.8) is 0 Å². The number of hydrogen-bond acceptors (Lipinski definition) is 3. The molecule has 2 fully saturated rings. The highest BCUT2D eigenvalue weighted by molar-refractivity contribution is 6.00. The Morgan fingerprint density at radius 3 is 2.61 bits per heavy atom. The second-order valence-electron chi connectivity index (χ2n) is 6.49. The van der Waals surface area contributed by atoms with E-state index in [2.05, 4.69) is 5.32 Å². The topological polar surface area (TPSA) is 75.4 Å². The monoisotopic (exact) mass is 337 g/mol. The molecule has 3 N–H and O–H groups in total. The Morgan fingerprint density at radius 2 is 2.00 bits per heavy atom. The lowest BCUT2D eigenvalue weighted by molar-refractivity contribution is -0.126. The molecule has 1 heterocycles.